The molecule has 1 amide bonds. The molecule has 2 fully saturated rings. The molecule has 0 aromatic rings. The summed E-state index contributed by atoms with van der Waals surface area (Å²) < 4.78 is 0. The molecule has 2 atom stereocenters. The van der Waals surface area contributed by atoms with Crippen LogP contribution >= 0.6 is 0 Å². The number of rotatable bonds is 4. The van der Waals surface area contributed by atoms with Crippen molar-refractivity contribution in [2.45, 2.75) is 38.2 Å². The van der Waals surface area contributed by atoms with Gasteiger partial charge in [0.15, 0.2) is 0 Å². The quantitative estimate of drug-likeness (QED) is 0.614. The molecular formula is C11H20N2O2. The number of aliphatic hydroxyl groups excluding tert-OH is 1. The molecule has 0 bridgehead atoms. The Balaban J connectivity index is 1.76. The predicted molar refractivity (Wildman–Crippen MR) is 57.1 cm³/mol. The van der Waals surface area contributed by atoms with Crippen molar-refractivity contribution < 1.29 is 9.90 Å². The van der Waals surface area contributed by atoms with Crippen molar-refractivity contribution in [2.75, 3.05) is 13.1 Å². The van der Waals surface area contributed by atoms with Crippen LogP contribution in [0.25, 0.3) is 0 Å². The first-order valence-electron chi connectivity index (χ1n) is 5.84. The van der Waals surface area contributed by atoms with Crippen LogP contribution in [0.5, 0.6) is 0 Å². The molecular weight excluding hydrogens is 192 g/mol. The number of carbonyl (C=O) groups excluding carboxylic acids is 1. The van der Waals surface area contributed by atoms with Crippen LogP contribution in [-0.4, -0.2) is 30.2 Å². The van der Waals surface area contributed by atoms with Crippen molar-refractivity contribution in [3.05, 3.63) is 0 Å². The lowest BCUT2D eigenvalue weighted by atomic mass is 10.0. The molecule has 15 heavy (non-hydrogen) atoms. The Kier molecular flexibility index (Phi) is 2.98. The van der Waals surface area contributed by atoms with E-state index in [1.807, 2.05) is 0 Å². The number of carbonyl (C=O) groups is 1. The smallest absolute Gasteiger partial charge is 0.227 e. The van der Waals surface area contributed by atoms with Gasteiger partial charge in [0.25, 0.3) is 0 Å². The Morgan fingerprint density at radius 2 is 2.20 bits per heavy atom. The summed E-state index contributed by atoms with van der Waals surface area (Å²) in [6, 6.07) is 0. The topological polar surface area (TPSA) is 75.4 Å². The maximum Gasteiger partial charge on any atom is 0.227 e. The van der Waals surface area contributed by atoms with Gasteiger partial charge in [0.2, 0.25) is 5.91 Å². The van der Waals surface area contributed by atoms with Crippen LogP contribution in [0.15, 0.2) is 0 Å². The summed E-state index contributed by atoms with van der Waals surface area (Å²) in [7, 11) is 0. The maximum atomic E-state index is 11.7. The fourth-order valence-corrected chi connectivity index (χ4v) is 2.34. The third kappa shape index (κ3) is 2.16. The van der Waals surface area contributed by atoms with Gasteiger partial charge in [-0.3, -0.25) is 4.79 Å². The molecule has 0 aliphatic heterocycles. The van der Waals surface area contributed by atoms with Crippen molar-refractivity contribution in [3.63, 3.8) is 0 Å². The van der Waals surface area contributed by atoms with E-state index in [0.29, 0.717) is 13.1 Å². The highest BCUT2D eigenvalue weighted by atomic mass is 16.3. The van der Waals surface area contributed by atoms with Gasteiger partial charge in [-0.25, -0.2) is 0 Å². The Hall–Kier alpha value is -0.610. The second kappa shape index (κ2) is 4.10. The van der Waals surface area contributed by atoms with Crippen molar-refractivity contribution in [3.8, 4) is 0 Å². The standard InChI is InChI=1S/C11H20N2O2/c12-7-11(4-5-11)10(15)13-6-8-2-1-3-9(8)14/h8-9,14H,1-7,12H2,(H,13,15). The minimum atomic E-state index is -0.260. The normalized spacial score (nSPS) is 32.7. The fraction of sp³-hybridized carbons (Fsp3) is 0.909. The summed E-state index contributed by atoms with van der Waals surface area (Å²) in [4.78, 5) is 11.7. The first-order valence-corrected chi connectivity index (χ1v) is 5.84. The molecule has 0 heterocycles. The van der Waals surface area contributed by atoms with Gasteiger partial charge in [0.1, 0.15) is 0 Å². The summed E-state index contributed by atoms with van der Waals surface area (Å²) in [5, 5.41) is 12.5. The van der Waals surface area contributed by atoms with E-state index in [9.17, 15) is 9.90 Å². The van der Waals surface area contributed by atoms with Crippen LogP contribution in [0.1, 0.15) is 32.1 Å². The molecule has 0 spiro atoms. The molecule has 4 nitrogen and oxygen atoms in total. The van der Waals surface area contributed by atoms with E-state index in [4.69, 9.17) is 5.73 Å². The van der Waals surface area contributed by atoms with Crippen LogP contribution in [0, 0.1) is 11.3 Å². The van der Waals surface area contributed by atoms with Gasteiger partial charge in [0.05, 0.1) is 11.5 Å². The van der Waals surface area contributed by atoms with Gasteiger partial charge in [-0.05, 0) is 25.7 Å². The number of amides is 1. The zero-order chi connectivity index (χ0) is 10.9. The van der Waals surface area contributed by atoms with Crippen molar-refractivity contribution in [1.29, 1.82) is 0 Å². The van der Waals surface area contributed by atoms with Crippen LogP contribution in [0.3, 0.4) is 0 Å². The lowest BCUT2D eigenvalue weighted by Gasteiger charge is -2.18. The predicted octanol–water partition coefficient (Wildman–Crippen LogP) is 0.00250. The number of hydrogen-bond acceptors (Lipinski definition) is 3. The van der Waals surface area contributed by atoms with Gasteiger partial charge in [-0.15, -0.1) is 0 Å². The van der Waals surface area contributed by atoms with E-state index in [1.54, 1.807) is 0 Å². The van der Waals surface area contributed by atoms with Crippen LogP contribution < -0.4 is 11.1 Å². The molecule has 0 radical (unpaired) electrons. The van der Waals surface area contributed by atoms with E-state index < -0.39 is 0 Å². The van der Waals surface area contributed by atoms with Crippen molar-refractivity contribution >= 4 is 5.91 Å². The lowest BCUT2D eigenvalue weighted by molar-refractivity contribution is -0.126. The van der Waals surface area contributed by atoms with Gasteiger partial charge in [0, 0.05) is 19.0 Å². The maximum absolute atomic E-state index is 11.7. The van der Waals surface area contributed by atoms with E-state index in [1.165, 1.54) is 0 Å². The minimum Gasteiger partial charge on any atom is -0.393 e. The van der Waals surface area contributed by atoms with Crippen molar-refractivity contribution in [2.24, 2.45) is 17.1 Å². The monoisotopic (exact) mass is 212 g/mol. The molecule has 2 aliphatic rings. The number of hydrogen-bond donors (Lipinski definition) is 3. The van der Waals surface area contributed by atoms with E-state index in [2.05, 4.69) is 5.32 Å². The van der Waals surface area contributed by atoms with E-state index >= 15 is 0 Å². The molecule has 0 aromatic heterocycles. The molecule has 0 aromatic carbocycles. The largest absolute Gasteiger partial charge is 0.393 e. The van der Waals surface area contributed by atoms with E-state index in [0.717, 1.165) is 32.1 Å². The summed E-state index contributed by atoms with van der Waals surface area (Å²) in [6.45, 7) is 1.06. The summed E-state index contributed by atoms with van der Waals surface area (Å²) in [6.07, 6.45) is 4.59. The third-order valence-electron chi connectivity index (χ3n) is 3.87. The fourth-order valence-electron chi connectivity index (χ4n) is 2.34. The van der Waals surface area contributed by atoms with Gasteiger partial charge >= 0.3 is 0 Å². The highest BCUT2D eigenvalue weighted by Crippen LogP contribution is 2.44. The molecule has 2 saturated carbocycles. The average Bonchev–Trinajstić information content (AvgIpc) is 2.94. The zero-order valence-corrected chi connectivity index (χ0v) is 9.04. The molecule has 86 valence electrons. The molecule has 2 unspecified atom stereocenters. The molecule has 2 aliphatic carbocycles. The molecule has 0 saturated heterocycles. The molecule has 4 heteroatoms. The second-order valence-corrected chi connectivity index (χ2v) is 4.95. The summed E-state index contributed by atoms with van der Waals surface area (Å²) in [5.74, 6) is 0.339. The number of nitrogens with one attached hydrogen (secondary N) is 1. The lowest BCUT2D eigenvalue weighted by Crippen LogP contribution is -2.40. The minimum absolute atomic E-state index is 0.0871. The first kappa shape index (κ1) is 10.9. The van der Waals surface area contributed by atoms with Crippen molar-refractivity contribution in [1.82, 2.24) is 5.32 Å². The van der Waals surface area contributed by atoms with E-state index in [-0.39, 0.29) is 23.3 Å². The Labute approximate surface area is 90.2 Å². The Bertz CT molecular complexity index is 251. The second-order valence-electron chi connectivity index (χ2n) is 4.95. The van der Waals surface area contributed by atoms with Crippen LogP contribution in [0.4, 0.5) is 0 Å². The summed E-state index contributed by atoms with van der Waals surface area (Å²) >= 11 is 0. The van der Waals surface area contributed by atoms with Crippen LogP contribution in [0.2, 0.25) is 0 Å². The zero-order valence-electron chi connectivity index (χ0n) is 9.04. The third-order valence-corrected chi connectivity index (χ3v) is 3.87. The van der Waals surface area contributed by atoms with Crippen LogP contribution in [-0.2, 0) is 4.79 Å². The highest BCUT2D eigenvalue weighted by Gasteiger charge is 2.48. The first-order chi connectivity index (χ1) is 7.18. The molecule has 2 rings (SSSR count). The average molecular weight is 212 g/mol. The van der Waals surface area contributed by atoms with Gasteiger partial charge < -0.3 is 16.2 Å². The Morgan fingerprint density at radius 3 is 2.67 bits per heavy atom. The van der Waals surface area contributed by atoms with Gasteiger partial charge in [-0.2, -0.15) is 0 Å². The number of nitrogens with two attached hydrogens (primary N) is 1. The SMILES string of the molecule is NCC1(C(=O)NCC2CCCC2O)CC1. The van der Waals surface area contributed by atoms with Gasteiger partial charge in [-0.1, -0.05) is 6.42 Å². The number of aliphatic hydroxyl groups is 1. The highest BCUT2D eigenvalue weighted by molar-refractivity contribution is 5.85. The Morgan fingerprint density at radius 1 is 1.47 bits per heavy atom. The summed E-state index contributed by atoms with van der Waals surface area (Å²) in [5.41, 5.74) is 5.31. The molecule has 4 N–H and O–H groups in total.